The zero-order valence-corrected chi connectivity index (χ0v) is 17.6. The Kier molecular flexibility index (Phi) is 5.84. The molecule has 1 aliphatic rings. The van der Waals surface area contributed by atoms with Crippen molar-refractivity contribution in [2.24, 2.45) is 0 Å². The topological polar surface area (TPSA) is 83.1 Å². The van der Waals surface area contributed by atoms with Crippen LogP contribution >= 0.6 is 0 Å². The number of ether oxygens (including phenoxy) is 3. The maximum Gasteiger partial charge on any atom is 0.235 e. The molecule has 3 heterocycles. The number of benzene rings is 1. The van der Waals surface area contributed by atoms with Gasteiger partial charge in [-0.05, 0) is 43.7 Å². The van der Waals surface area contributed by atoms with Crippen molar-refractivity contribution in [1.82, 2.24) is 4.57 Å². The van der Waals surface area contributed by atoms with Crippen molar-refractivity contribution in [3.63, 3.8) is 0 Å². The standard InChI is InChI=1S/C23H24FNO6/c1-13(2)25-12-18(21(28-3)22(25)27)20(26)19-7-6-16(31-19)10-14-4-5-15(24)11-17(14)23-29-8-9-30-23/h4-7,11-13,23,27H,8-10H2,1-3H3. The minimum Gasteiger partial charge on any atom is -0.492 e. The van der Waals surface area contributed by atoms with Gasteiger partial charge in [0.05, 0.1) is 25.9 Å². The van der Waals surface area contributed by atoms with Gasteiger partial charge < -0.3 is 28.3 Å². The van der Waals surface area contributed by atoms with E-state index in [2.05, 4.69) is 0 Å². The van der Waals surface area contributed by atoms with E-state index in [4.69, 9.17) is 18.6 Å². The Morgan fingerprint density at radius 1 is 1.26 bits per heavy atom. The van der Waals surface area contributed by atoms with Crippen molar-refractivity contribution in [1.29, 1.82) is 0 Å². The second kappa shape index (κ2) is 8.56. The summed E-state index contributed by atoms with van der Waals surface area (Å²) >= 11 is 0. The highest BCUT2D eigenvalue weighted by Gasteiger charge is 2.26. The number of rotatable bonds is 7. The molecule has 0 aliphatic carbocycles. The molecule has 1 aromatic carbocycles. The van der Waals surface area contributed by atoms with E-state index >= 15 is 0 Å². The molecule has 0 radical (unpaired) electrons. The normalized spacial score (nSPS) is 14.5. The summed E-state index contributed by atoms with van der Waals surface area (Å²) in [5.41, 5.74) is 1.59. The molecule has 164 valence electrons. The number of furan rings is 1. The number of carbonyl (C=O) groups is 1. The van der Waals surface area contributed by atoms with Crippen LogP contribution in [-0.2, 0) is 15.9 Å². The molecule has 0 saturated carbocycles. The van der Waals surface area contributed by atoms with Gasteiger partial charge in [-0.1, -0.05) is 6.07 Å². The monoisotopic (exact) mass is 429 g/mol. The molecule has 1 saturated heterocycles. The average molecular weight is 429 g/mol. The van der Waals surface area contributed by atoms with Crippen molar-refractivity contribution in [2.75, 3.05) is 20.3 Å². The lowest BCUT2D eigenvalue weighted by Crippen LogP contribution is -2.04. The number of hydrogen-bond donors (Lipinski definition) is 1. The van der Waals surface area contributed by atoms with E-state index in [9.17, 15) is 14.3 Å². The van der Waals surface area contributed by atoms with Crippen LogP contribution in [0.5, 0.6) is 11.6 Å². The van der Waals surface area contributed by atoms with E-state index in [0.29, 0.717) is 31.0 Å². The number of halogens is 1. The number of hydrogen-bond acceptors (Lipinski definition) is 6. The van der Waals surface area contributed by atoms with E-state index < -0.39 is 12.1 Å². The second-order valence-corrected chi connectivity index (χ2v) is 7.59. The summed E-state index contributed by atoms with van der Waals surface area (Å²) in [7, 11) is 1.40. The summed E-state index contributed by atoms with van der Waals surface area (Å²) in [4.78, 5) is 13.0. The van der Waals surface area contributed by atoms with Crippen molar-refractivity contribution in [3.05, 3.63) is 70.6 Å². The highest BCUT2D eigenvalue weighted by molar-refractivity contribution is 6.09. The lowest BCUT2D eigenvalue weighted by Gasteiger charge is -2.14. The van der Waals surface area contributed by atoms with E-state index in [0.717, 1.165) is 5.56 Å². The molecule has 1 N–H and O–H groups in total. The summed E-state index contributed by atoms with van der Waals surface area (Å²) in [6.07, 6.45) is 1.27. The maximum absolute atomic E-state index is 13.8. The highest BCUT2D eigenvalue weighted by atomic mass is 19.1. The summed E-state index contributed by atoms with van der Waals surface area (Å²) < 4.78 is 37.4. The Morgan fingerprint density at radius 3 is 2.68 bits per heavy atom. The van der Waals surface area contributed by atoms with E-state index in [1.165, 1.54) is 19.2 Å². The molecule has 0 amide bonds. The molecular weight excluding hydrogens is 405 g/mol. The molecule has 0 unspecified atom stereocenters. The smallest absolute Gasteiger partial charge is 0.235 e. The van der Waals surface area contributed by atoms with Crippen LogP contribution in [0.2, 0.25) is 0 Å². The Morgan fingerprint density at radius 2 is 2.00 bits per heavy atom. The van der Waals surface area contributed by atoms with Gasteiger partial charge in [0.25, 0.3) is 0 Å². The Balaban J connectivity index is 1.60. The summed E-state index contributed by atoms with van der Waals surface area (Å²) in [6, 6.07) is 7.63. The number of methoxy groups -OCH3 is 1. The van der Waals surface area contributed by atoms with Crippen molar-refractivity contribution in [3.8, 4) is 11.6 Å². The van der Waals surface area contributed by atoms with Gasteiger partial charge in [-0.2, -0.15) is 0 Å². The van der Waals surface area contributed by atoms with Gasteiger partial charge in [0, 0.05) is 24.2 Å². The minimum absolute atomic E-state index is 0.0560. The van der Waals surface area contributed by atoms with Crippen LogP contribution in [0.1, 0.15) is 59.2 Å². The molecule has 1 fully saturated rings. The van der Waals surface area contributed by atoms with Crippen LogP contribution in [0.3, 0.4) is 0 Å². The zero-order valence-electron chi connectivity index (χ0n) is 17.6. The third-order valence-electron chi connectivity index (χ3n) is 5.20. The summed E-state index contributed by atoms with van der Waals surface area (Å²) in [5.74, 6) is -0.144. The van der Waals surface area contributed by atoms with Crippen LogP contribution in [0.25, 0.3) is 0 Å². The van der Waals surface area contributed by atoms with Gasteiger partial charge in [0.1, 0.15) is 11.6 Å². The third-order valence-corrected chi connectivity index (χ3v) is 5.20. The fourth-order valence-corrected chi connectivity index (χ4v) is 3.65. The van der Waals surface area contributed by atoms with Crippen molar-refractivity contribution < 1.29 is 32.9 Å². The molecule has 2 aromatic heterocycles. The lowest BCUT2D eigenvalue weighted by molar-refractivity contribution is -0.0448. The first-order chi connectivity index (χ1) is 14.9. The quantitative estimate of drug-likeness (QED) is 0.561. The SMILES string of the molecule is COc1c(C(=O)c2ccc(Cc3ccc(F)cc3C3OCCO3)o2)cn(C(C)C)c1O. The van der Waals surface area contributed by atoms with Crippen LogP contribution in [0, 0.1) is 5.82 Å². The first kappa shape index (κ1) is 21.1. The summed E-state index contributed by atoms with van der Waals surface area (Å²) in [5, 5.41) is 10.3. The number of nitrogens with zero attached hydrogens (tertiary/aromatic N) is 1. The van der Waals surface area contributed by atoms with E-state index in [1.807, 2.05) is 13.8 Å². The highest BCUT2D eigenvalue weighted by Crippen LogP contribution is 2.36. The van der Waals surface area contributed by atoms with Crippen molar-refractivity contribution in [2.45, 2.75) is 32.6 Å². The Labute approximate surface area is 178 Å². The van der Waals surface area contributed by atoms with E-state index in [-0.39, 0.29) is 34.8 Å². The van der Waals surface area contributed by atoms with Crippen LogP contribution < -0.4 is 4.74 Å². The molecule has 31 heavy (non-hydrogen) atoms. The molecule has 7 nitrogen and oxygen atoms in total. The minimum atomic E-state index is -0.621. The average Bonchev–Trinajstić information content (AvgIpc) is 3.48. The first-order valence-corrected chi connectivity index (χ1v) is 10.0. The number of ketones is 1. The number of aromatic hydroxyl groups is 1. The second-order valence-electron chi connectivity index (χ2n) is 7.59. The third kappa shape index (κ3) is 4.08. The molecular formula is C23H24FNO6. The van der Waals surface area contributed by atoms with E-state index in [1.54, 1.807) is 29.0 Å². The largest absolute Gasteiger partial charge is 0.492 e. The molecule has 0 bridgehead atoms. The fourth-order valence-electron chi connectivity index (χ4n) is 3.65. The molecule has 1 aliphatic heterocycles. The van der Waals surface area contributed by atoms with Crippen LogP contribution in [-0.4, -0.2) is 35.8 Å². The van der Waals surface area contributed by atoms with Crippen molar-refractivity contribution >= 4 is 5.78 Å². The summed E-state index contributed by atoms with van der Waals surface area (Å²) in [6.45, 7) is 4.67. The number of aromatic nitrogens is 1. The maximum atomic E-state index is 13.8. The van der Waals surface area contributed by atoms with Gasteiger partial charge in [-0.25, -0.2) is 4.39 Å². The van der Waals surface area contributed by atoms with Crippen LogP contribution in [0.4, 0.5) is 4.39 Å². The molecule has 8 heteroatoms. The van der Waals surface area contributed by atoms with Gasteiger partial charge in [0.15, 0.2) is 17.8 Å². The fraction of sp³-hybridized carbons (Fsp3) is 0.348. The number of carbonyl (C=O) groups excluding carboxylic acids is 1. The van der Waals surface area contributed by atoms with Gasteiger partial charge >= 0.3 is 0 Å². The lowest BCUT2D eigenvalue weighted by atomic mass is 10.0. The molecule has 3 aromatic rings. The first-order valence-electron chi connectivity index (χ1n) is 10.0. The van der Waals surface area contributed by atoms with Gasteiger partial charge in [-0.15, -0.1) is 0 Å². The zero-order chi connectivity index (χ0) is 22.1. The Hall–Kier alpha value is -3.10. The Bertz CT molecular complexity index is 1090. The van der Waals surface area contributed by atoms with Gasteiger partial charge in [0.2, 0.25) is 11.7 Å². The molecule has 4 rings (SSSR count). The predicted octanol–water partition coefficient (Wildman–Crippen LogP) is 4.38. The van der Waals surface area contributed by atoms with Crippen LogP contribution in [0.15, 0.2) is 40.9 Å². The molecule has 0 spiro atoms. The predicted molar refractivity (Wildman–Crippen MR) is 109 cm³/mol. The van der Waals surface area contributed by atoms with Gasteiger partial charge in [-0.3, -0.25) is 4.79 Å². The molecule has 0 atom stereocenters.